The van der Waals surface area contributed by atoms with Crippen LogP contribution in [-0.2, 0) is 48.5 Å². The molecule has 0 unspecified atom stereocenters. The van der Waals surface area contributed by atoms with Gasteiger partial charge in [-0.05, 0) is 0 Å². The predicted octanol–water partition coefficient (Wildman–Crippen LogP) is -0.440. The van der Waals surface area contributed by atoms with Crippen LogP contribution in [0.15, 0.2) is 0 Å². The van der Waals surface area contributed by atoms with Gasteiger partial charge >= 0.3 is 39.0 Å². The number of carbonyl (C=O) groups is 2. The number of hydrogen-bond donors (Lipinski definition) is 0. The summed E-state index contributed by atoms with van der Waals surface area (Å²) in [5.41, 5.74) is -1.39. The standard InChI is InChI=1S/2C5H10O2.2Rh/c2*1-5(2,3)4(6)7;;/h2*1-3H3,(H,6,7);;/q;;2*+1/p-2. The Balaban J connectivity index is -0.0000000800. The number of rotatable bonds is 0. The van der Waals surface area contributed by atoms with Crippen LogP contribution in [0, 0.1) is 10.8 Å². The first-order valence-electron chi connectivity index (χ1n) is 4.32. The average Bonchev–Trinajstić information content (AvgIpc) is 1.83. The number of carbonyl (C=O) groups excluding carboxylic acids is 2. The van der Waals surface area contributed by atoms with E-state index in [-0.39, 0.29) is 39.0 Å². The van der Waals surface area contributed by atoms with Crippen molar-refractivity contribution in [1.82, 2.24) is 0 Å². The molecule has 0 radical (unpaired) electrons. The van der Waals surface area contributed by atoms with Crippen molar-refractivity contribution < 1.29 is 58.8 Å². The van der Waals surface area contributed by atoms with Gasteiger partial charge in [-0.25, -0.2) is 0 Å². The van der Waals surface area contributed by atoms with E-state index in [1.54, 1.807) is 41.5 Å². The van der Waals surface area contributed by atoms with Crippen molar-refractivity contribution in [2.45, 2.75) is 41.5 Å². The first kappa shape index (κ1) is 25.1. The van der Waals surface area contributed by atoms with Crippen molar-refractivity contribution in [2.24, 2.45) is 10.8 Å². The summed E-state index contributed by atoms with van der Waals surface area (Å²) in [6.45, 7) is 9.60. The molecule has 0 aromatic carbocycles. The van der Waals surface area contributed by atoms with Crippen LogP contribution in [-0.4, -0.2) is 11.9 Å². The van der Waals surface area contributed by atoms with Crippen molar-refractivity contribution in [1.29, 1.82) is 0 Å². The molecule has 0 rings (SSSR count). The molecule has 6 heteroatoms. The maximum absolute atomic E-state index is 9.91. The molecule has 0 fully saturated rings. The largest absolute Gasteiger partial charge is 1.00 e. The zero-order chi connectivity index (χ0) is 12.2. The maximum Gasteiger partial charge on any atom is 1.00 e. The van der Waals surface area contributed by atoms with Gasteiger partial charge in [0.05, 0.1) is 0 Å². The minimum atomic E-state index is -1.01. The Hall–Kier alpha value is 0.187. The fraction of sp³-hybridized carbons (Fsp3) is 0.800. The van der Waals surface area contributed by atoms with Gasteiger partial charge in [0.25, 0.3) is 0 Å². The first-order chi connectivity index (χ1) is 5.89. The molecular weight excluding hydrogens is 390 g/mol. The second-order valence-corrected chi connectivity index (χ2v) is 5.07. The summed E-state index contributed by atoms with van der Waals surface area (Å²) in [4.78, 5) is 19.8. The molecule has 0 saturated heterocycles. The number of aliphatic carboxylic acids is 2. The van der Waals surface area contributed by atoms with Crippen LogP contribution < -0.4 is 10.2 Å². The molecule has 0 bridgehead atoms. The van der Waals surface area contributed by atoms with Crippen LogP contribution in [0.4, 0.5) is 0 Å². The second kappa shape index (κ2) is 9.24. The number of carboxylic acids is 2. The molecule has 0 heterocycles. The molecule has 0 aliphatic heterocycles. The second-order valence-electron chi connectivity index (χ2n) is 5.07. The third-order valence-electron chi connectivity index (χ3n) is 1.22. The predicted molar refractivity (Wildman–Crippen MR) is 48.9 cm³/mol. The molecule has 0 saturated carbocycles. The summed E-state index contributed by atoms with van der Waals surface area (Å²) < 4.78 is 0. The number of carboxylic acid groups (broad SMARTS) is 2. The van der Waals surface area contributed by atoms with Crippen LogP contribution in [0.1, 0.15) is 41.5 Å². The van der Waals surface area contributed by atoms with E-state index in [1.807, 2.05) is 0 Å². The summed E-state index contributed by atoms with van der Waals surface area (Å²) in [6.07, 6.45) is 0. The van der Waals surface area contributed by atoms with E-state index < -0.39 is 22.8 Å². The molecule has 0 aliphatic carbocycles. The minimum Gasteiger partial charge on any atom is -0.550 e. The van der Waals surface area contributed by atoms with Crippen LogP contribution in [0.5, 0.6) is 0 Å². The van der Waals surface area contributed by atoms with Gasteiger partial charge < -0.3 is 19.8 Å². The minimum absolute atomic E-state index is 0. The Labute approximate surface area is 123 Å². The molecule has 0 aliphatic rings. The Morgan fingerprint density at radius 1 is 0.688 bits per heavy atom. The van der Waals surface area contributed by atoms with Gasteiger partial charge in [0.15, 0.2) is 0 Å². The van der Waals surface area contributed by atoms with Crippen molar-refractivity contribution in [2.75, 3.05) is 0 Å². The molecule has 0 aromatic rings. The summed E-state index contributed by atoms with van der Waals surface area (Å²) in [7, 11) is 0. The maximum atomic E-state index is 9.91. The van der Waals surface area contributed by atoms with E-state index in [0.29, 0.717) is 0 Å². The third kappa shape index (κ3) is 16.6. The van der Waals surface area contributed by atoms with E-state index in [0.717, 1.165) is 0 Å². The molecular formula is C10H18O4Rh2. The van der Waals surface area contributed by atoms with Crippen molar-refractivity contribution >= 4 is 11.9 Å². The zero-order valence-corrected chi connectivity index (χ0v) is 13.6. The SMILES string of the molecule is CC(C)(C)C(=O)[O-].CC(C)(C)C(=O)[O-].[Rh+].[Rh+]. The molecule has 0 aromatic heterocycles. The van der Waals surface area contributed by atoms with E-state index in [2.05, 4.69) is 0 Å². The molecule has 0 spiro atoms. The van der Waals surface area contributed by atoms with Crippen LogP contribution in [0.25, 0.3) is 0 Å². The Bertz CT molecular complexity index is 190. The summed E-state index contributed by atoms with van der Waals surface area (Å²) in [5, 5.41) is 19.8. The van der Waals surface area contributed by atoms with Gasteiger partial charge in [-0.1, -0.05) is 41.5 Å². The molecule has 16 heavy (non-hydrogen) atoms. The summed E-state index contributed by atoms with van der Waals surface area (Å²) in [5.74, 6) is -2.01. The van der Waals surface area contributed by atoms with Gasteiger partial charge in [0, 0.05) is 22.8 Å². The number of hydrogen-bond acceptors (Lipinski definition) is 4. The fourth-order valence-corrected chi connectivity index (χ4v) is 0. The smallest absolute Gasteiger partial charge is 0.550 e. The molecule has 100 valence electrons. The van der Waals surface area contributed by atoms with E-state index in [4.69, 9.17) is 0 Å². The van der Waals surface area contributed by atoms with Crippen molar-refractivity contribution in [3.8, 4) is 0 Å². The fourth-order valence-electron chi connectivity index (χ4n) is 0. The Morgan fingerprint density at radius 3 is 0.750 bits per heavy atom. The van der Waals surface area contributed by atoms with E-state index in [9.17, 15) is 19.8 Å². The van der Waals surface area contributed by atoms with Crippen molar-refractivity contribution in [3.63, 3.8) is 0 Å². The van der Waals surface area contributed by atoms with Gasteiger partial charge in [-0.2, -0.15) is 0 Å². The average molecular weight is 408 g/mol. The van der Waals surface area contributed by atoms with Gasteiger partial charge in [-0.15, -0.1) is 0 Å². The molecule has 4 nitrogen and oxygen atoms in total. The monoisotopic (exact) mass is 408 g/mol. The Morgan fingerprint density at radius 2 is 0.750 bits per heavy atom. The molecule has 0 atom stereocenters. The van der Waals surface area contributed by atoms with Gasteiger partial charge in [0.1, 0.15) is 0 Å². The van der Waals surface area contributed by atoms with Gasteiger partial charge in [0.2, 0.25) is 0 Å². The van der Waals surface area contributed by atoms with Crippen LogP contribution >= 0.6 is 0 Å². The first-order valence-corrected chi connectivity index (χ1v) is 4.32. The third-order valence-corrected chi connectivity index (χ3v) is 1.22. The molecule has 0 N–H and O–H groups in total. The van der Waals surface area contributed by atoms with E-state index in [1.165, 1.54) is 0 Å². The Kier molecular flexibility index (Phi) is 14.5. The summed E-state index contributed by atoms with van der Waals surface area (Å²) in [6, 6.07) is 0. The summed E-state index contributed by atoms with van der Waals surface area (Å²) >= 11 is 0. The molecule has 0 amide bonds. The topological polar surface area (TPSA) is 80.3 Å². The van der Waals surface area contributed by atoms with Crippen LogP contribution in [0.3, 0.4) is 0 Å². The van der Waals surface area contributed by atoms with Crippen molar-refractivity contribution in [3.05, 3.63) is 0 Å². The van der Waals surface area contributed by atoms with Crippen LogP contribution in [0.2, 0.25) is 0 Å². The van der Waals surface area contributed by atoms with E-state index >= 15 is 0 Å². The normalized spacial score (nSPS) is 9.88. The van der Waals surface area contributed by atoms with Gasteiger partial charge in [-0.3, -0.25) is 0 Å². The zero-order valence-electron chi connectivity index (χ0n) is 10.3. The quantitative estimate of drug-likeness (QED) is 0.510.